The highest BCUT2D eigenvalue weighted by Crippen LogP contribution is 2.30. The van der Waals surface area contributed by atoms with Gasteiger partial charge in [0.25, 0.3) is 0 Å². The van der Waals surface area contributed by atoms with Crippen molar-refractivity contribution in [3.05, 3.63) is 30.2 Å². The van der Waals surface area contributed by atoms with Gasteiger partial charge in [0.05, 0.1) is 5.69 Å². The van der Waals surface area contributed by atoms with Crippen LogP contribution in [0.2, 0.25) is 0 Å². The lowest BCUT2D eigenvalue weighted by Crippen LogP contribution is -2.44. The molecule has 4 heteroatoms. The van der Waals surface area contributed by atoms with Gasteiger partial charge in [-0.05, 0) is 12.1 Å². The molecular weight excluding hydrogens is 176 g/mol. The fourth-order valence-electron chi connectivity index (χ4n) is 1.90. The highest BCUT2D eigenvalue weighted by atomic mass is 15.3. The highest BCUT2D eigenvalue weighted by Gasteiger charge is 2.22. The topological polar surface area (TPSA) is 40.2 Å². The van der Waals surface area contributed by atoms with E-state index in [0.717, 1.165) is 31.1 Å². The van der Waals surface area contributed by atoms with E-state index in [-0.39, 0.29) is 0 Å². The molecule has 2 N–H and O–H groups in total. The van der Waals surface area contributed by atoms with E-state index in [1.807, 2.05) is 12.3 Å². The van der Waals surface area contributed by atoms with Crippen LogP contribution in [0.25, 0.3) is 0 Å². The molecule has 0 aliphatic carbocycles. The van der Waals surface area contributed by atoms with E-state index in [1.54, 1.807) is 0 Å². The van der Waals surface area contributed by atoms with Crippen molar-refractivity contribution in [1.29, 1.82) is 0 Å². The van der Waals surface area contributed by atoms with Gasteiger partial charge < -0.3 is 15.5 Å². The number of nitrogens with zero attached hydrogens (tertiary/aromatic N) is 2. The fraction of sp³-hybridized carbons (Fsp3) is 0.300. The first-order valence-electron chi connectivity index (χ1n) is 4.84. The molecule has 0 spiro atoms. The highest BCUT2D eigenvalue weighted by molar-refractivity contribution is 5.72. The molecule has 1 saturated heterocycles. The van der Waals surface area contributed by atoms with Crippen molar-refractivity contribution in [2.75, 3.05) is 29.9 Å². The third kappa shape index (κ3) is 1.08. The van der Waals surface area contributed by atoms with E-state index in [9.17, 15) is 0 Å². The Morgan fingerprint density at radius 3 is 3.43 bits per heavy atom. The molecule has 2 aliphatic rings. The fourth-order valence-corrected chi connectivity index (χ4v) is 1.90. The van der Waals surface area contributed by atoms with Crippen LogP contribution in [0, 0.1) is 0 Å². The lowest BCUT2D eigenvalue weighted by molar-refractivity contribution is 0.638. The maximum Gasteiger partial charge on any atom is 0.156 e. The summed E-state index contributed by atoms with van der Waals surface area (Å²) in [5.74, 6) is 1.05. The Hall–Kier alpha value is -1.55. The number of hydrogen-bond acceptors (Lipinski definition) is 4. The summed E-state index contributed by atoms with van der Waals surface area (Å²) in [4.78, 5) is 6.66. The Morgan fingerprint density at radius 1 is 1.43 bits per heavy atom. The van der Waals surface area contributed by atoms with E-state index in [2.05, 4.69) is 32.8 Å². The molecule has 14 heavy (non-hydrogen) atoms. The summed E-state index contributed by atoms with van der Waals surface area (Å²) in [5, 5.41) is 6.59. The van der Waals surface area contributed by atoms with Crippen molar-refractivity contribution >= 4 is 11.5 Å². The van der Waals surface area contributed by atoms with E-state index in [1.165, 1.54) is 5.70 Å². The molecule has 3 rings (SSSR count). The largest absolute Gasteiger partial charge is 0.357 e. The number of aromatic nitrogens is 1. The molecule has 2 aliphatic heterocycles. The first-order valence-corrected chi connectivity index (χ1v) is 4.84. The second-order valence-electron chi connectivity index (χ2n) is 3.48. The van der Waals surface area contributed by atoms with Crippen molar-refractivity contribution in [2.45, 2.75) is 0 Å². The van der Waals surface area contributed by atoms with Gasteiger partial charge in [0.2, 0.25) is 0 Å². The number of rotatable bonds is 0. The first kappa shape index (κ1) is 7.82. The van der Waals surface area contributed by atoms with Crippen LogP contribution < -0.4 is 15.5 Å². The second kappa shape index (κ2) is 2.99. The summed E-state index contributed by atoms with van der Waals surface area (Å²) in [6, 6.07) is 4.00. The number of piperazine rings is 1. The van der Waals surface area contributed by atoms with Gasteiger partial charge in [0.1, 0.15) is 0 Å². The molecule has 0 saturated carbocycles. The van der Waals surface area contributed by atoms with Gasteiger partial charge in [-0.1, -0.05) is 0 Å². The van der Waals surface area contributed by atoms with Gasteiger partial charge in [-0.25, -0.2) is 4.98 Å². The normalized spacial score (nSPS) is 19.1. The van der Waals surface area contributed by atoms with Gasteiger partial charge in [0, 0.05) is 37.7 Å². The van der Waals surface area contributed by atoms with Gasteiger partial charge in [0.15, 0.2) is 5.82 Å². The van der Waals surface area contributed by atoms with Crippen LogP contribution in [0.5, 0.6) is 0 Å². The molecule has 0 radical (unpaired) electrons. The van der Waals surface area contributed by atoms with Gasteiger partial charge >= 0.3 is 0 Å². The number of pyridine rings is 1. The molecule has 1 aromatic heterocycles. The van der Waals surface area contributed by atoms with Crippen LogP contribution in [-0.4, -0.2) is 24.6 Å². The molecule has 0 amide bonds. The maximum absolute atomic E-state index is 4.40. The van der Waals surface area contributed by atoms with Gasteiger partial charge in [-0.3, -0.25) is 0 Å². The molecule has 0 bridgehead atoms. The molecule has 72 valence electrons. The summed E-state index contributed by atoms with van der Waals surface area (Å²) < 4.78 is 0. The predicted octanol–water partition coefficient (Wildman–Crippen LogP) is 0.758. The smallest absolute Gasteiger partial charge is 0.156 e. The monoisotopic (exact) mass is 188 g/mol. The molecule has 0 atom stereocenters. The summed E-state index contributed by atoms with van der Waals surface area (Å²) in [5.41, 5.74) is 2.36. The quantitative estimate of drug-likeness (QED) is 0.630. The first-order chi connectivity index (χ1) is 6.95. The third-order valence-electron chi connectivity index (χ3n) is 2.60. The zero-order valence-electron chi connectivity index (χ0n) is 7.83. The van der Waals surface area contributed by atoms with Crippen LogP contribution in [-0.2, 0) is 0 Å². The maximum atomic E-state index is 4.40. The Morgan fingerprint density at radius 2 is 2.43 bits per heavy atom. The number of anilines is 2. The van der Waals surface area contributed by atoms with Crippen LogP contribution in [0.15, 0.2) is 30.2 Å². The van der Waals surface area contributed by atoms with Crippen molar-refractivity contribution in [2.24, 2.45) is 0 Å². The third-order valence-corrected chi connectivity index (χ3v) is 2.60. The SMILES string of the molecule is C1=C2CNCCN2c2ncccc2N1. The summed E-state index contributed by atoms with van der Waals surface area (Å²) >= 11 is 0. The molecular formula is C10H12N4. The summed E-state index contributed by atoms with van der Waals surface area (Å²) in [6.45, 7) is 2.94. The zero-order chi connectivity index (χ0) is 9.38. The van der Waals surface area contributed by atoms with Crippen molar-refractivity contribution < 1.29 is 0 Å². The number of hydrogen-bond donors (Lipinski definition) is 2. The minimum atomic E-state index is 0.920. The minimum absolute atomic E-state index is 0.920. The predicted molar refractivity (Wildman–Crippen MR) is 56.2 cm³/mol. The number of nitrogens with one attached hydrogen (secondary N) is 2. The molecule has 0 unspecified atom stereocenters. The standard InChI is InChI=1S/C10H12N4/c1-2-9-10(12-3-1)14-5-4-11-6-8(14)7-13-9/h1-3,7,11,13H,4-6H2. The van der Waals surface area contributed by atoms with Gasteiger partial charge in [-0.2, -0.15) is 0 Å². The van der Waals surface area contributed by atoms with Gasteiger partial charge in [-0.15, -0.1) is 0 Å². The minimum Gasteiger partial charge on any atom is -0.357 e. The van der Waals surface area contributed by atoms with Crippen molar-refractivity contribution in [1.82, 2.24) is 10.3 Å². The van der Waals surface area contributed by atoms with E-state index in [0.29, 0.717) is 0 Å². The lowest BCUT2D eigenvalue weighted by atomic mass is 10.2. The molecule has 1 aromatic rings. The van der Waals surface area contributed by atoms with Crippen molar-refractivity contribution in [3.8, 4) is 0 Å². The molecule has 0 aromatic carbocycles. The molecule has 4 nitrogen and oxygen atoms in total. The zero-order valence-corrected chi connectivity index (χ0v) is 7.83. The summed E-state index contributed by atoms with van der Waals surface area (Å²) in [7, 11) is 0. The van der Waals surface area contributed by atoms with E-state index in [4.69, 9.17) is 0 Å². The van der Waals surface area contributed by atoms with Crippen LogP contribution >= 0.6 is 0 Å². The Bertz CT molecular complexity index is 385. The molecule has 3 heterocycles. The Kier molecular flexibility index (Phi) is 1.67. The Labute approximate surface area is 82.6 Å². The van der Waals surface area contributed by atoms with Crippen LogP contribution in [0.3, 0.4) is 0 Å². The van der Waals surface area contributed by atoms with Crippen LogP contribution in [0.1, 0.15) is 0 Å². The Balaban J connectivity index is 2.05. The lowest BCUT2D eigenvalue weighted by Gasteiger charge is -2.35. The molecule has 1 fully saturated rings. The second-order valence-corrected chi connectivity index (χ2v) is 3.48. The average Bonchev–Trinajstić information content (AvgIpc) is 2.29. The van der Waals surface area contributed by atoms with Crippen LogP contribution in [0.4, 0.5) is 11.5 Å². The van der Waals surface area contributed by atoms with E-state index < -0.39 is 0 Å². The average molecular weight is 188 g/mol. The van der Waals surface area contributed by atoms with Crippen molar-refractivity contribution in [3.63, 3.8) is 0 Å². The number of fused-ring (bicyclic) bond motifs is 3. The van der Waals surface area contributed by atoms with E-state index >= 15 is 0 Å². The summed E-state index contributed by atoms with van der Waals surface area (Å²) in [6.07, 6.45) is 3.89.